The molecule has 0 saturated heterocycles. The topological polar surface area (TPSA) is 109 Å². The molecule has 7 nitrogen and oxygen atoms in total. The summed E-state index contributed by atoms with van der Waals surface area (Å²) in [6.07, 6.45) is 46.6. The summed E-state index contributed by atoms with van der Waals surface area (Å²) in [5.41, 5.74) is 11.3. The van der Waals surface area contributed by atoms with Crippen molar-refractivity contribution in [3.05, 3.63) is 24.3 Å². The maximum Gasteiger partial charge on any atom is 0.224 e. The van der Waals surface area contributed by atoms with Gasteiger partial charge in [-0.1, -0.05) is 154 Å². The van der Waals surface area contributed by atoms with E-state index < -0.39 is 0 Å². The number of aliphatic imine (C=N–C) groups is 1. The fourth-order valence-corrected chi connectivity index (χ4v) is 6.45. The first-order chi connectivity index (χ1) is 25.2. The van der Waals surface area contributed by atoms with Gasteiger partial charge in [-0.15, -0.1) is 0 Å². The molecular weight excluding hydrogens is 629 g/mol. The first-order valence-corrected chi connectivity index (χ1v) is 22.2. The fraction of sp³-hybridized carbons (Fsp3) is 0.864. The number of nitrogens with one attached hydrogen (secondary N) is 2. The van der Waals surface area contributed by atoms with E-state index in [-0.39, 0.29) is 5.91 Å². The molecule has 0 aromatic carbocycles. The lowest BCUT2D eigenvalue weighted by Gasteiger charge is -2.23. The molecule has 0 rings (SSSR count). The number of carbonyl (C=O) groups is 1. The molecule has 0 radical (unpaired) electrons. The van der Waals surface area contributed by atoms with Gasteiger partial charge in [0.15, 0.2) is 5.96 Å². The minimum atomic E-state index is 0.250. The summed E-state index contributed by atoms with van der Waals surface area (Å²) in [6, 6.07) is 0. The molecular formula is C44H88N6O. The molecule has 0 spiro atoms. The third-order valence-corrected chi connectivity index (χ3v) is 9.70. The number of hydrogen-bond donors (Lipinski definition) is 4. The maximum absolute atomic E-state index is 13.3. The minimum absolute atomic E-state index is 0.250. The summed E-state index contributed by atoms with van der Waals surface area (Å²) in [4.78, 5) is 19.9. The molecule has 0 aromatic heterocycles. The van der Waals surface area contributed by atoms with Crippen LogP contribution in [0.3, 0.4) is 0 Å². The second-order valence-electron chi connectivity index (χ2n) is 14.7. The van der Waals surface area contributed by atoms with E-state index in [1.165, 1.54) is 167 Å². The Bertz CT molecular complexity index is 756. The number of amides is 1. The minimum Gasteiger partial charge on any atom is -0.356 e. The molecule has 51 heavy (non-hydrogen) atoms. The molecule has 0 aromatic rings. The van der Waals surface area contributed by atoms with Gasteiger partial charge in [0.2, 0.25) is 5.91 Å². The van der Waals surface area contributed by atoms with E-state index in [2.05, 4.69) is 58.7 Å². The van der Waals surface area contributed by atoms with Crippen molar-refractivity contribution >= 4 is 11.9 Å². The largest absolute Gasteiger partial charge is 0.356 e. The predicted molar refractivity (Wildman–Crippen MR) is 227 cm³/mol. The summed E-state index contributed by atoms with van der Waals surface area (Å²) in [5, 5.41) is 6.50. The van der Waals surface area contributed by atoms with Crippen molar-refractivity contribution in [3.63, 3.8) is 0 Å². The quantitative estimate of drug-likeness (QED) is 0.0219. The van der Waals surface area contributed by atoms with Gasteiger partial charge >= 0.3 is 0 Å². The third-order valence-electron chi connectivity index (χ3n) is 9.70. The zero-order chi connectivity index (χ0) is 37.1. The van der Waals surface area contributed by atoms with Crippen LogP contribution in [0.25, 0.3) is 0 Å². The standard InChI is InChI=1S/C44H88N6O/c1-3-5-7-9-11-13-15-17-19-21-23-25-27-29-31-33-41-50(43(51)35-38-47-44(48-39-36-45)49-40-37-46)42-34-32-30-28-26-24-22-20-18-16-14-12-10-8-6-4-2/h17-20H,3-16,21-42,45-46H2,1-2H3,(H2,47,48,49)/b19-17+,20-18+. The number of rotatable bonds is 39. The highest BCUT2D eigenvalue weighted by molar-refractivity contribution is 5.81. The second kappa shape index (κ2) is 42.6. The molecule has 0 bridgehead atoms. The van der Waals surface area contributed by atoms with E-state index in [1.807, 2.05) is 0 Å². The summed E-state index contributed by atoms with van der Waals surface area (Å²) in [6.45, 7) is 9.10. The normalized spacial score (nSPS) is 12.0. The maximum atomic E-state index is 13.3. The third kappa shape index (κ3) is 37.7. The van der Waals surface area contributed by atoms with Gasteiger partial charge in [0.05, 0.1) is 6.54 Å². The van der Waals surface area contributed by atoms with E-state index in [9.17, 15) is 4.79 Å². The lowest BCUT2D eigenvalue weighted by molar-refractivity contribution is -0.131. The van der Waals surface area contributed by atoms with Gasteiger partial charge in [-0.2, -0.15) is 0 Å². The molecule has 0 heterocycles. The van der Waals surface area contributed by atoms with Crippen LogP contribution in [0.4, 0.5) is 0 Å². The number of nitrogens with zero attached hydrogens (tertiary/aromatic N) is 2. The fourth-order valence-electron chi connectivity index (χ4n) is 6.45. The van der Waals surface area contributed by atoms with Gasteiger partial charge in [-0.25, -0.2) is 0 Å². The zero-order valence-electron chi connectivity index (χ0n) is 34.2. The Labute approximate surface area is 318 Å². The monoisotopic (exact) mass is 717 g/mol. The summed E-state index contributed by atoms with van der Waals surface area (Å²) >= 11 is 0. The van der Waals surface area contributed by atoms with Gasteiger partial charge < -0.3 is 27.0 Å². The average molecular weight is 717 g/mol. The highest BCUT2D eigenvalue weighted by Gasteiger charge is 2.13. The first kappa shape index (κ1) is 49.1. The summed E-state index contributed by atoms with van der Waals surface area (Å²) in [5.74, 6) is 0.937. The molecule has 0 saturated carbocycles. The van der Waals surface area contributed by atoms with Crippen LogP contribution in [0.2, 0.25) is 0 Å². The van der Waals surface area contributed by atoms with Crippen molar-refractivity contribution in [2.24, 2.45) is 16.5 Å². The van der Waals surface area contributed by atoms with E-state index in [0.29, 0.717) is 45.1 Å². The second-order valence-corrected chi connectivity index (χ2v) is 14.7. The molecule has 1 amide bonds. The van der Waals surface area contributed by atoms with Gasteiger partial charge in [-0.05, 0) is 64.2 Å². The Morgan fingerprint density at radius 1 is 0.510 bits per heavy atom. The van der Waals surface area contributed by atoms with Gasteiger partial charge in [0.1, 0.15) is 0 Å². The number of hydrogen-bond acceptors (Lipinski definition) is 4. The van der Waals surface area contributed by atoms with Crippen LogP contribution in [-0.2, 0) is 4.79 Å². The van der Waals surface area contributed by atoms with E-state index in [1.54, 1.807) is 0 Å². The Hall–Kier alpha value is -1.86. The summed E-state index contributed by atoms with van der Waals surface area (Å²) in [7, 11) is 0. The van der Waals surface area contributed by atoms with E-state index >= 15 is 0 Å². The molecule has 0 unspecified atom stereocenters. The Morgan fingerprint density at radius 2 is 0.882 bits per heavy atom. The van der Waals surface area contributed by atoms with Crippen LogP contribution in [0.5, 0.6) is 0 Å². The molecule has 7 heteroatoms. The Balaban J connectivity index is 4.31. The number of carbonyl (C=O) groups excluding carboxylic acids is 1. The van der Waals surface area contributed by atoms with Gasteiger partial charge in [0, 0.05) is 45.7 Å². The average Bonchev–Trinajstić information content (AvgIpc) is 3.14. The molecule has 0 fully saturated rings. The van der Waals surface area contributed by atoms with Crippen molar-refractivity contribution in [1.29, 1.82) is 0 Å². The Kier molecular flexibility index (Phi) is 41.0. The van der Waals surface area contributed by atoms with Crippen LogP contribution in [-0.4, -0.2) is 62.6 Å². The molecule has 300 valence electrons. The number of unbranched alkanes of at least 4 members (excludes halogenated alkanes) is 24. The first-order valence-electron chi connectivity index (χ1n) is 22.2. The van der Waals surface area contributed by atoms with E-state index in [0.717, 1.165) is 25.9 Å². The SMILES string of the molecule is CCCCCCCC/C=C/CCCCCCCCN(CCCCCCCC/C=C/CCCCCCCC)C(=O)CCN/C(=N\CCN)NCCN. The van der Waals surface area contributed by atoms with E-state index in [4.69, 9.17) is 11.5 Å². The highest BCUT2D eigenvalue weighted by Crippen LogP contribution is 2.13. The number of allylic oxidation sites excluding steroid dienone is 4. The zero-order valence-corrected chi connectivity index (χ0v) is 34.2. The van der Waals surface area contributed by atoms with Crippen LogP contribution in [0.15, 0.2) is 29.3 Å². The number of nitrogens with two attached hydrogens (primary N) is 2. The van der Waals surface area contributed by atoms with Gasteiger partial charge in [-0.3, -0.25) is 9.79 Å². The van der Waals surface area contributed by atoms with Crippen molar-refractivity contribution in [2.45, 2.75) is 200 Å². The predicted octanol–water partition coefficient (Wildman–Crippen LogP) is 10.7. The van der Waals surface area contributed by atoms with Crippen LogP contribution >= 0.6 is 0 Å². The van der Waals surface area contributed by atoms with Crippen molar-refractivity contribution in [3.8, 4) is 0 Å². The van der Waals surface area contributed by atoms with Gasteiger partial charge in [0.25, 0.3) is 0 Å². The summed E-state index contributed by atoms with van der Waals surface area (Å²) < 4.78 is 0. The highest BCUT2D eigenvalue weighted by atomic mass is 16.2. The van der Waals surface area contributed by atoms with Crippen LogP contribution < -0.4 is 22.1 Å². The van der Waals surface area contributed by atoms with Crippen molar-refractivity contribution < 1.29 is 4.79 Å². The smallest absolute Gasteiger partial charge is 0.224 e. The molecule has 0 aliphatic heterocycles. The lowest BCUT2D eigenvalue weighted by atomic mass is 10.1. The molecule has 6 N–H and O–H groups in total. The molecule has 0 aliphatic carbocycles. The van der Waals surface area contributed by atoms with Crippen LogP contribution in [0, 0.1) is 0 Å². The lowest BCUT2D eigenvalue weighted by Crippen LogP contribution is -2.42. The Morgan fingerprint density at radius 3 is 1.27 bits per heavy atom. The molecule has 0 atom stereocenters. The van der Waals surface area contributed by atoms with Crippen molar-refractivity contribution in [2.75, 3.05) is 45.8 Å². The molecule has 0 aliphatic rings. The van der Waals surface area contributed by atoms with Crippen LogP contribution in [0.1, 0.15) is 200 Å². The number of guanidine groups is 1. The van der Waals surface area contributed by atoms with Crippen molar-refractivity contribution in [1.82, 2.24) is 15.5 Å².